The number of likely N-dealkylation sites (N-methyl/N-ethyl adjacent to an activating group) is 1. The molecule has 1 N–H and O–H groups in total. The predicted octanol–water partition coefficient (Wildman–Crippen LogP) is 1.27. The first-order valence-electron chi connectivity index (χ1n) is 9.46. The Morgan fingerprint density at radius 2 is 2.10 bits per heavy atom. The van der Waals surface area contributed by atoms with Crippen LogP contribution in [-0.4, -0.2) is 47.8 Å². The number of pyridine rings is 1. The molecule has 8 heteroatoms. The van der Waals surface area contributed by atoms with Crippen LogP contribution in [0.3, 0.4) is 0 Å². The van der Waals surface area contributed by atoms with E-state index in [9.17, 15) is 14.4 Å². The number of nitrogens with zero attached hydrogens (tertiary/aromatic N) is 3. The third-order valence-corrected chi connectivity index (χ3v) is 5.22. The fourth-order valence-electron chi connectivity index (χ4n) is 3.56. The van der Waals surface area contributed by atoms with Crippen LogP contribution in [0.4, 0.5) is 5.69 Å². The number of amides is 3. The number of benzene rings is 1. The molecule has 3 heterocycles. The molecular weight excluding hydrogens is 372 g/mol. The Labute approximate surface area is 168 Å². The van der Waals surface area contributed by atoms with Gasteiger partial charge < -0.3 is 19.9 Å². The molecule has 1 aromatic carbocycles. The van der Waals surface area contributed by atoms with Gasteiger partial charge in [-0.15, -0.1) is 0 Å². The smallest absolute Gasteiger partial charge is 0.264 e. The van der Waals surface area contributed by atoms with Crippen LogP contribution in [-0.2, 0) is 29.1 Å². The fourth-order valence-corrected chi connectivity index (χ4v) is 3.56. The number of hydrogen-bond acceptors (Lipinski definition) is 5. The maximum atomic E-state index is 13.1. The molecule has 150 valence electrons. The van der Waals surface area contributed by atoms with Crippen molar-refractivity contribution in [2.24, 2.45) is 0 Å². The van der Waals surface area contributed by atoms with Crippen LogP contribution < -0.4 is 15.0 Å². The van der Waals surface area contributed by atoms with E-state index in [1.54, 1.807) is 36.3 Å². The third kappa shape index (κ3) is 3.78. The molecule has 0 radical (unpaired) electrons. The van der Waals surface area contributed by atoms with Gasteiger partial charge in [-0.05, 0) is 35.4 Å². The second kappa shape index (κ2) is 7.54. The second-order valence-electron chi connectivity index (χ2n) is 7.26. The number of aromatic nitrogens is 1. The molecule has 0 fully saturated rings. The zero-order valence-electron chi connectivity index (χ0n) is 16.4. The van der Waals surface area contributed by atoms with Gasteiger partial charge in [0.2, 0.25) is 5.91 Å². The summed E-state index contributed by atoms with van der Waals surface area (Å²) in [6.07, 6.45) is 2.44. The number of carbonyl (C=O) groups is 3. The van der Waals surface area contributed by atoms with Gasteiger partial charge in [0.05, 0.1) is 5.69 Å². The summed E-state index contributed by atoms with van der Waals surface area (Å²) in [7, 11) is 1.68. The Balaban J connectivity index is 1.53. The molecule has 0 aliphatic carbocycles. The van der Waals surface area contributed by atoms with Gasteiger partial charge in [-0.3, -0.25) is 19.4 Å². The Kier molecular flexibility index (Phi) is 4.92. The summed E-state index contributed by atoms with van der Waals surface area (Å²) in [5, 5.41) is 2.76. The highest BCUT2D eigenvalue weighted by Crippen LogP contribution is 2.32. The van der Waals surface area contributed by atoms with Crippen molar-refractivity contribution < 1.29 is 19.1 Å². The van der Waals surface area contributed by atoms with Crippen LogP contribution in [0.15, 0.2) is 30.5 Å². The molecule has 2 aliphatic rings. The van der Waals surface area contributed by atoms with Crippen molar-refractivity contribution in [3.8, 4) is 5.75 Å². The van der Waals surface area contributed by atoms with Crippen LogP contribution in [0.5, 0.6) is 5.75 Å². The average Bonchev–Trinajstić information content (AvgIpc) is 2.73. The minimum atomic E-state index is -0.147. The highest BCUT2D eigenvalue weighted by Gasteiger charge is 2.26. The largest absolute Gasteiger partial charge is 0.482 e. The van der Waals surface area contributed by atoms with E-state index in [4.69, 9.17) is 4.74 Å². The Morgan fingerprint density at radius 3 is 2.90 bits per heavy atom. The highest BCUT2D eigenvalue weighted by atomic mass is 16.5. The first-order valence-corrected chi connectivity index (χ1v) is 9.46. The summed E-state index contributed by atoms with van der Waals surface area (Å²) in [4.78, 5) is 43.9. The molecule has 8 nitrogen and oxygen atoms in total. The summed E-state index contributed by atoms with van der Waals surface area (Å²) in [5.41, 5.74) is 3.98. The second-order valence-corrected chi connectivity index (χ2v) is 7.26. The van der Waals surface area contributed by atoms with Crippen LogP contribution in [0.2, 0.25) is 0 Å². The predicted molar refractivity (Wildman–Crippen MR) is 106 cm³/mol. The van der Waals surface area contributed by atoms with E-state index in [0.717, 1.165) is 16.8 Å². The summed E-state index contributed by atoms with van der Waals surface area (Å²) in [6, 6.07) is 7.16. The molecular formula is C21H22N4O4. The fraction of sp³-hybridized carbons (Fsp3) is 0.333. The summed E-state index contributed by atoms with van der Waals surface area (Å²) < 4.78 is 5.43. The molecule has 0 unspecified atom stereocenters. The van der Waals surface area contributed by atoms with Crippen LogP contribution >= 0.6 is 0 Å². The van der Waals surface area contributed by atoms with E-state index >= 15 is 0 Å². The zero-order valence-corrected chi connectivity index (χ0v) is 16.4. The van der Waals surface area contributed by atoms with Gasteiger partial charge in [-0.2, -0.15) is 0 Å². The third-order valence-electron chi connectivity index (χ3n) is 5.22. The van der Waals surface area contributed by atoms with Gasteiger partial charge in [0.25, 0.3) is 11.8 Å². The molecule has 1 aromatic heterocycles. The molecule has 0 saturated carbocycles. The molecule has 0 bridgehead atoms. The molecule has 0 saturated heterocycles. The molecule has 2 aromatic rings. The van der Waals surface area contributed by atoms with Crippen molar-refractivity contribution in [3.05, 3.63) is 52.8 Å². The van der Waals surface area contributed by atoms with Crippen molar-refractivity contribution in [3.63, 3.8) is 0 Å². The molecule has 0 atom stereocenters. The van der Waals surface area contributed by atoms with E-state index in [1.165, 1.54) is 11.8 Å². The molecule has 29 heavy (non-hydrogen) atoms. The standard InChI is InChI=1S/C21H22N4O4/c1-13(26)22-9-14-7-16-11-25(6-5-17(16)23-10-14)21(28)15-3-4-19-18(8-15)24(2)20(27)12-29-19/h3-4,7-8,10H,5-6,9,11-12H2,1-2H3,(H,22,26). The normalized spacial score (nSPS) is 15.3. The molecule has 2 aliphatic heterocycles. The Morgan fingerprint density at radius 1 is 1.28 bits per heavy atom. The topological polar surface area (TPSA) is 91.8 Å². The quantitative estimate of drug-likeness (QED) is 0.847. The molecule has 3 amide bonds. The van der Waals surface area contributed by atoms with Crippen molar-refractivity contribution in [1.29, 1.82) is 0 Å². The summed E-state index contributed by atoms with van der Waals surface area (Å²) in [5.74, 6) is 0.253. The first-order chi connectivity index (χ1) is 13.9. The van der Waals surface area contributed by atoms with Gasteiger partial charge in [-0.1, -0.05) is 0 Å². The Bertz CT molecular complexity index is 1000. The van der Waals surface area contributed by atoms with Crippen molar-refractivity contribution in [2.75, 3.05) is 25.1 Å². The maximum Gasteiger partial charge on any atom is 0.264 e. The van der Waals surface area contributed by atoms with E-state index < -0.39 is 0 Å². The SMILES string of the molecule is CC(=O)NCc1cnc2c(c1)CN(C(=O)c1ccc3c(c1)N(C)C(=O)CO3)CC2. The molecule has 4 rings (SSSR count). The van der Waals surface area contributed by atoms with Gasteiger partial charge in [0, 0.05) is 57.5 Å². The lowest BCUT2D eigenvalue weighted by Gasteiger charge is -2.30. The van der Waals surface area contributed by atoms with Crippen LogP contribution in [0.1, 0.15) is 34.1 Å². The lowest BCUT2D eigenvalue weighted by Crippen LogP contribution is -2.37. The Hall–Kier alpha value is -3.42. The lowest BCUT2D eigenvalue weighted by molar-refractivity contribution is -0.121. The van der Waals surface area contributed by atoms with Crippen molar-refractivity contribution in [1.82, 2.24) is 15.2 Å². The number of rotatable bonds is 3. The maximum absolute atomic E-state index is 13.1. The lowest BCUT2D eigenvalue weighted by atomic mass is 10.0. The number of fused-ring (bicyclic) bond motifs is 2. The first kappa shape index (κ1) is 18.9. The van der Waals surface area contributed by atoms with E-state index in [-0.39, 0.29) is 24.3 Å². The number of hydrogen-bond donors (Lipinski definition) is 1. The highest BCUT2D eigenvalue weighted by molar-refractivity contribution is 6.01. The average molecular weight is 394 g/mol. The minimum Gasteiger partial charge on any atom is -0.482 e. The summed E-state index contributed by atoms with van der Waals surface area (Å²) >= 11 is 0. The zero-order chi connectivity index (χ0) is 20.5. The van der Waals surface area contributed by atoms with Gasteiger partial charge in [0.15, 0.2) is 6.61 Å². The van der Waals surface area contributed by atoms with Gasteiger partial charge in [0.1, 0.15) is 5.75 Å². The number of carbonyl (C=O) groups excluding carboxylic acids is 3. The molecule has 0 spiro atoms. The van der Waals surface area contributed by atoms with Crippen LogP contribution in [0.25, 0.3) is 0 Å². The number of nitrogens with one attached hydrogen (secondary N) is 1. The van der Waals surface area contributed by atoms with E-state index in [2.05, 4.69) is 10.3 Å². The van der Waals surface area contributed by atoms with Gasteiger partial charge in [-0.25, -0.2) is 0 Å². The van der Waals surface area contributed by atoms with Crippen LogP contribution in [0, 0.1) is 0 Å². The van der Waals surface area contributed by atoms with E-state index in [0.29, 0.717) is 43.1 Å². The van der Waals surface area contributed by atoms with E-state index in [1.807, 2.05) is 6.07 Å². The summed E-state index contributed by atoms with van der Waals surface area (Å²) in [6.45, 7) is 2.92. The van der Waals surface area contributed by atoms with Crippen molar-refractivity contribution >= 4 is 23.4 Å². The minimum absolute atomic E-state index is 0.00746. The monoisotopic (exact) mass is 394 g/mol. The number of anilines is 1. The van der Waals surface area contributed by atoms with Gasteiger partial charge >= 0.3 is 0 Å². The van der Waals surface area contributed by atoms with Crippen molar-refractivity contribution in [2.45, 2.75) is 26.4 Å². The number of ether oxygens (including phenoxy) is 1.